The van der Waals surface area contributed by atoms with Gasteiger partial charge >= 0.3 is 0 Å². The maximum Gasteiger partial charge on any atom is 0.269 e. The molecule has 0 bridgehead atoms. The van der Waals surface area contributed by atoms with E-state index in [2.05, 4.69) is 45.5 Å². The van der Waals surface area contributed by atoms with Crippen molar-refractivity contribution in [2.45, 2.75) is 26.2 Å². The smallest absolute Gasteiger partial charge is 0.269 e. The second-order valence-electron chi connectivity index (χ2n) is 7.02. The molecule has 1 fully saturated rings. The first-order valence-electron chi connectivity index (χ1n) is 9.16. The minimum absolute atomic E-state index is 0.0102. The molecule has 1 aliphatic rings. The van der Waals surface area contributed by atoms with Crippen LogP contribution in [0.5, 0.6) is 0 Å². The zero-order chi connectivity index (χ0) is 17.6. The molecule has 0 saturated carbocycles. The number of piperidine rings is 1. The lowest BCUT2D eigenvalue weighted by molar-refractivity contribution is 0.0927. The molecular formula is C20H28N4O. The van der Waals surface area contributed by atoms with Crippen molar-refractivity contribution in [2.24, 2.45) is 13.0 Å². The van der Waals surface area contributed by atoms with E-state index in [1.54, 1.807) is 10.9 Å². The monoisotopic (exact) mass is 340 g/mol. The molecule has 1 saturated heterocycles. The van der Waals surface area contributed by atoms with E-state index in [1.165, 1.54) is 5.56 Å². The number of hydrogen-bond donors (Lipinski definition) is 1. The average molecular weight is 340 g/mol. The molecule has 134 valence electrons. The highest BCUT2D eigenvalue weighted by Gasteiger charge is 2.21. The van der Waals surface area contributed by atoms with Gasteiger partial charge in [-0.2, -0.15) is 0 Å². The zero-order valence-corrected chi connectivity index (χ0v) is 15.2. The molecule has 2 aromatic rings. The standard InChI is InChI=1S/C20H28N4O/c1-16-19(23(2)15-22-16)20(25)21-14-18-9-12-24(13-10-18)11-8-17-6-4-3-5-7-17/h3-7,15,18H,8-14H2,1-2H3,(H,21,25). The quantitative estimate of drug-likeness (QED) is 0.878. The van der Waals surface area contributed by atoms with E-state index in [-0.39, 0.29) is 5.91 Å². The van der Waals surface area contributed by atoms with E-state index in [0.29, 0.717) is 11.6 Å². The Balaban J connectivity index is 1.38. The molecule has 0 spiro atoms. The molecule has 1 aromatic heterocycles. The van der Waals surface area contributed by atoms with E-state index in [0.717, 1.165) is 51.1 Å². The van der Waals surface area contributed by atoms with Gasteiger partial charge in [0.1, 0.15) is 5.69 Å². The molecule has 1 aliphatic heterocycles. The second-order valence-corrected chi connectivity index (χ2v) is 7.02. The van der Waals surface area contributed by atoms with Crippen LogP contribution in [-0.2, 0) is 13.5 Å². The number of amides is 1. The van der Waals surface area contributed by atoms with Gasteiger partial charge in [0.25, 0.3) is 5.91 Å². The molecule has 1 amide bonds. The number of aryl methyl sites for hydroxylation is 2. The van der Waals surface area contributed by atoms with Gasteiger partial charge in [0.2, 0.25) is 0 Å². The van der Waals surface area contributed by atoms with E-state index in [9.17, 15) is 4.79 Å². The molecule has 5 heteroatoms. The second kappa shape index (κ2) is 8.30. The Morgan fingerprint density at radius 3 is 2.60 bits per heavy atom. The summed E-state index contributed by atoms with van der Waals surface area (Å²) in [5, 5.41) is 3.09. The van der Waals surface area contributed by atoms with Crippen molar-refractivity contribution in [3.05, 3.63) is 53.6 Å². The number of nitrogens with zero attached hydrogens (tertiary/aromatic N) is 3. The molecule has 0 atom stereocenters. The summed E-state index contributed by atoms with van der Waals surface area (Å²) in [6, 6.07) is 10.7. The zero-order valence-electron chi connectivity index (χ0n) is 15.2. The van der Waals surface area contributed by atoms with E-state index in [4.69, 9.17) is 0 Å². The van der Waals surface area contributed by atoms with Crippen LogP contribution in [0, 0.1) is 12.8 Å². The fourth-order valence-electron chi connectivity index (χ4n) is 3.54. The molecule has 1 N–H and O–H groups in total. The van der Waals surface area contributed by atoms with Gasteiger partial charge in [-0.05, 0) is 50.8 Å². The summed E-state index contributed by atoms with van der Waals surface area (Å²) in [7, 11) is 1.86. The van der Waals surface area contributed by atoms with Crippen LogP contribution in [0.2, 0.25) is 0 Å². The highest BCUT2D eigenvalue weighted by molar-refractivity contribution is 5.93. The predicted octanol–water partition coefficient (Wildman–Crippen LogP) is 2.41. The highest BCUT2D eigenvalue weighted by Crippen LogP contribution is 2.17. The number of nitrogens with one attached hydrogen (secondary N) is 1. The number of hydrogen-bond acceptors (Lipinski definition) is 3. The van der Waals surface area contributed by atoms with E-state index >= 15 is 0 Å². The van der Waals surface area contributed by atoms with Crippen LogP contribution >= 0.6 is 0 Å². The van der Waals surface area contributed by atoms with Gasteiger partial charge < -0.3 is 14.8 Å². The first-order valence-corrected chi connectivity index (χ1v) is 9.16. The number of rotatable bonds is 6. The molecule has 2 heterocycles. The first-order chi connectivity index (χ1) is 12.1. The number of benzene rings is 1. The van der Waals surface area contributed by atoms with Gasteiger partial charge in [-0.15, -0.1) is 0 Å². The van der Waals surface area contributed by atoms with Gasteiger partial charge in [0, 0.05) is 20.1 Å². The maximum absolute atomic E-state index is 12.3. The Hall–Kier alpha value is -2.14. The molecule has 0 aliphatic carbocycles. The average Bonchev–Trinajstić information content (AvgIpc) is 2.98. The van der Waals surface area contributed by atoms with E-state index in [1.807, 2.05) is 14.0 Å². The Morgan fingerprint density at radius 2 is 1.96 bits per heavy atom. The van der Waals surface area contributed by atoms with Gasteiger partial charge in [0.15, 0.2) is 0 Å². The number of imidazole rings is 1. The van der Waals surface area contributed by atoms with Crippen LogP contribution in [0.1, 0.15) is 34.6 Å². The fourth-order valence-corrected chi connectivity index (χ4v) is 3.54. The number of aromatic nitrogens is 2. The van der Waals surface area contributed by atoms with Crippen LogP contribution in [0.4, 0.5) is 0 Å². The third-order valence-electron chi connectivity index (χ3n) is 5.15. The third-order valence-corrected chi connectivity index (χ3v) is 5.15. The van der Waals surface area contributed by atoms with E-state index < -0.39 is 0 Å². The van der Waals surface area contributed by atoms with Crippen LogP contribution in [0.3, 0.4) is 0 Å². The van der Waals surface area contributed by atoms with Crippen molar-refractivity contribution >= 4 is 5.91 Å². The summed E-state index contributed by atoms with van der Waals surface area (Å²) in [6.45, 7) is 6.00. The minimum Gasteiger partial charge on any atom is -0.350 e. The van der Waals surface area contributed by atoms with Gasteiger partial charge in [-0.3, -0.25) is 4.79 Å². The van der Waals surface area contributed by atoms with Crippen molar-refractivity contribution < 1.29 is 4.79 Å². The lowest BCUT2D eigenvalue weighted by Gasteiger charge is -2.32. The summed E-state index contributed by atoms with van der Waals surface area (Å²) < 4.78 is 1.79. The van der Waals surface area contributed by atoms with Crippen molar-refractivity contribution in [1.29, 1.82) is 0 Å². The Morgan fingerprint density at radius 1 is 1.24 bits per heavy atom. The molecule has 0 unspecified atom stereocenters. The highest BCUT2D eigenvalue weighted by atomic mass is 16.2. The normalized spacial score (nSPS) is 16.1. The van der Waals surface area contributed by atoms with Crippen LogP contribution in [0.25, 0.3) is 0 Å². The van der Waals surface area contributed by atoms with Crippen molar-refractivity contribution in [2.75, 3.05) is 26.2 Å². The summed E-state index contributed by atoms with van der Waals surface area (Å²) in [5.41, 5.74) is 2.86. The number of likely N-dealkylation sites (tertiary alicyclic amines) is 1. The van der Waals surface area contributed by atoms with Gasteiger partial charge in [0.05, 0.1) is 12.0 Å². The van der Waals surface area contributed by atoms with Gasteiger partial charge in [-0.1, -0.05) is 30.3 Å². The third kappa shape index (κ3) is 4.69. The molecule has 1 aromatic carbocycles. The Bertz CT molecular complexity index is 667. The molecular weight excluding hydrogens is 312 g/mol. The van der Waals surface area contributed by atoms with Crippen molar-refractivity contribution in [3.8, 4) is 0 Å². The van der Waals surface area contributed by atoms with Gasteiger partial charge in [-0.25, -0.2) is 4.98 Å². The lowest BCUT2D eigenvalue weighted by atomic mass is 9.96. The number of carbonyl (C=O) groups is 1. The minimum atomic E-state index is -0.0102. The summed E-state index contributed by atoms with van der Waals surface area (Å²) >= 11 is 0. The summed E-state index contributed by atoms with van der Waals surface area (Å²) in [4.78, 5) is 19.1. The van der Waals surface area contributed by atoms with Crippen LogP contribution in [-0.4, -0.2) is 46.5 Å². The predicted molar refractivity (Wildman–Crippen MR) is 99.6 cm³/mol. The summed E-state index contributed by atoms with van der Waals surface area (Å²) in [6.07, 6.45) is 5.11. The molecule has 0 radical (unpaired) electrons. The molecule has 5 nitrogen and oxygen atoms in total. The topological polar surface area (TPSA) is 50.2 Å². The van der Waals surface area contributed by atoms with Crippen molar-refractivity contribution in [1.82, 2.24) is 19.8 Å². The molecule has 25 heavy (non-hydrogen) atoms. The first kappa shape index (κ1) is 17.7. The van der Waals surface area contributed by atoms with Crippen LogP contribution < -0.4 is 5.32 Å². The fraction of sp³-hybridized carbons (Fsp3) is 0.500. The largest absolute Gasteiger partial charge is 0.350 e. The molecule has 3 rings (SSSR count). The Kier molecular flexibility index (Phi) is 5.87. The Labute approximate surface area is 150 Å². The summed E-state index contributed by atoms with van der Waals surface area (Å²) in [5.74, 6) is 0.564. The SMILES string of the molecule is Cc1ncn(C)c1C(=O)NCC1CCN(CCc2ccccc2)CC1. The lowest BCUT2D eigenvalue weighted by Crippen LogP contribution is -2.39. The van der Waals surface area contributed by atoms with Crippen LogP contribution in [0.15, 0.2) is 36.7 Å². The maximum atomic E-state index is 12.3. The van der Waals surface area contributed by atoms with Crippen molar-refractivity contribution in [3.63, 3.8) is 0 Å². The number of carbonyl (C=O) groups excluding carboxylic acids is 1.